The summed E-state index contributed by atoms with van der Waals surface area (Å²) in [5, 5.41) is 22.0. The maximum atomic E-state index is 12.0. The number of nitrogens with one attached hydrogen (secondary N) is 1. The van der Waals surface area contributed by atoms with Crippen LogP contribution in [0.25, 0.3) is 0 Å². The first kappa shape index (κ1) is 17.7. The van der Waals surface area contributed by atoms with E-state index in [0.29, 0.717) is 32.5 Å². The minimum absolute atomic E-state index is 0.169. The van der Waals surface area contributed by atoms with Crippen molar-refractivity contribution in [3.8, 4) is 0 Å². The monoisotopic (exact) mass is 302 g/mol. The quantitative estimate of drug-likeness (QED) is 0.646. The van der Waals surface area contributed by atoms with Gasteiger partial charge in [-0.2, -0.15) is 0 Å². The van der Waals surface area contributed by atoms with Crippen molar-refractivity contribution in [2.45, 2.75) is 50.7 Å². The zero-order chi connectivity index (χ0) is 15.9. The van der Waals surface area contributed by atoms with Crippen LogP contribution in [-0.2, 0) is 9.53 Å². The lowest BCUT2D eigenvalue weighted by molar-refractivity contribution is -0.139. The summed E-state index contributed by atoms with van der Waals surface area (Å²) in [7, 11) is 1.56. The third kappa shape index (κ3) is 5.89. The van der Waals surface area contributed by atoms with Crippen molar-refractivity contribution in [1.82, 2.24) is 10.2 Å². The number of hydrogen-bond acceptors (Lipinski definition) is 4. The van der Waals surface area contributed by atoms with Crippen molar-refractivity contribution in [1.29, 1.82) is 0 Å². The van der Waals surface area contributed by atoms with Gasteiger partial charge in [0.15, 0.2) is 0 Å². The second-order valence-corrected chi connectivity index (χ2v) is 5.68. The Morgan fingerprint density at radius 2 is 2.00 bits per heavy atom. The Balaban J connectivity index is 2.50. The molecule has 0 aromatic rings. The molecular weight excluding hydrogens is 276 g/mol. The second kappa shape index (κ2) is 8.19. The highest BCUT2D eigenvalue weighted by Gasteiger charge is 2.33. The van der Waals surface area contributed by atoms with Gasteiger partial charge in [-0.3, -0.25) is 0 Å². The summed E-state index contributed by atoms with van der Waals surface area (Å²) < 4.78 is 5.19. The van der Waals surface area contributed by atoms with E-state index in [1.165, 1.54) is 4.90 Å². The Morgan fingerprint density at radius 1 is 1.38 bits per heavy atom. The van der Waals surface area contributed by atoms with Gasteiger partial charge < -0.3 is 25.2 Å². The van der Waals surface area contributed by atoms with Gasteiger partial charge in [0.05, 0.1) is 12.1 Å². The topological polar surface area (TPSA) is 99.1 Å². The fraction of sp³-hybridized carbons (Fsp3) is 0.857. The number of carbonyl (C=O) groups is 2. The molecule has 1 fully saturated rings. The van der Waals surface area contributed by atoms with E-state index in [1.807, 2.05) is 6.92 Å². The Labute approximate surface area is 125 Å². The van der Waals surface area contributed by atoms with Crippen molar-refractivity contribution < 1.29 is 24.5 Å². The Morgan fingerprint density at radius 3 is 2.52 bits per heavy atom. The first-order valence-electron chi connectivity index (χ1n) is 7.42. The minimum Gasteiger partial charge on any atom is -0.480 e. The highest BCUT2D eigenvalue weighted by molar-refractivity contribution is 5.82. The average Bonchev–Trinajstić information content (AvgIpc) is 2.43. The highest BCUT2D eigenvalue weighted by atomic mass is 16.5. The molecule has 1 aliphatic heterocycles. The van der Waals surface area contributed by atoms with Crippen LogP contribution in [-0.4, -0.2) is 65.6 Å². The molecule has 1 saturated heterocycles. The van der Waals surface area contributed by atoms with E-state index < -0.39 is 23.6 Å². The number of hydrogen-bond donors (Lipinski definition) is 3. The van der Waals surface area contributed by atoms with Crippen LogP contribution < -0.4 is 5.32 Å². The van der Waals surface area contributed by atoms with Gasteiger partial charge >= 0.3 is 12.0 Å². The number of ether oxygens (including phenoxy) is 1. The number of nitrogens with zero attached hydrogens (tertiary/aromatic N) is 1. The molecular formula is C14H26N2O5. The molecule has 0 radical (unpaired) electrons. The van der Waals surface area contributed by atoms with Gasteiger partial charge in [-0.25, -0.2) is 9.59 Å². The Hall–Kier alpha value is -1.34. The molecule has 1 atom stereocenters. The summed E-state index contributed by atoms with van der Waals surface area (Å²) >= 11 is 0. The second-order valence-electron chi connectivity index (χ2n) is 5.68. The largest absolute Gasteiger partial charge is 0.480 e. The highest BCUT2D eigenvalue weighted by Crippen LogP contribution is 2.21. The van der Waals surface area contributed by atoms with Crippen molar-refractivity contribution >= 4 is 12.0 Å². The number of unbranched alkanes of at least 4 members (excludes halogenated alkanes) is 1. The number of carboxylic acid groups (broad SMARTS) is 1. The molecule has 2 amide bonds. The predicted molar refractivity (Wildman–Crippen MR) is 77.1 cm³/mol. The summed E-state index contributed by atoms with van der Waals surface area (Å²) in [5.41, 5.74) is -0.952. The van der Waals surface area contributed by atoms with Crippen molar-refractivity contribution in [2.75, 3.05) is 26.8 Å². The SMILES string of the molecule is CCCC[C@H](NC(=O)N(C)CC1(O)CCOCC1)C(=O)O. The van der Waals surface area contributed by atoms with E-state index in [0.717, 1.165) is 12.8 Å². The molecule has 0 aromatic carbocycles. The lowest BCUT2D eigenvalue weighted by Crippen LogP contribution is -2.52. The number of aliphatic carboxylic acids is 1. The summed E-state index contributed by atoms with van der Waals surface area (Å²) in [5.74, 6) is -1.03. The lowest BCUT2D eigenvalue weighted by atomic mass is 9.94. The molecule has 1 rings (SSSR count). The molecule has 122 valence electrons. The standard InChI is InChI=1S/C14H26N2O5/c1-3-4-5-11(12(17)18)15-13(19)16(2)10-14(20)6-8-21-9-7-14/h11,20H,3-10H2,1-2H3,(H,15,19)(H,17,18)/t11-/m0/s1. The molecule has 21 heavy (non-hydrogen) atoms. The van der Waals surface area contributed by atoms with Crippen LogP contribution >= 0.6 is 0 Å². The normalized spacial score (nSPS) is 18.8. The van der Waals surface area contributed by atoms with E-state index in [1.54, 1.807) is 7.05 Å². The van der Waals surface area contributed by atoms with Crippen LogP contribution in [0.3, 0.4) is 0 Å². The number of rotatable bonds is 7. The number of aliphatic hydroxyl groups is 1. The number of urea groups is 1. The van der Waals surface area contributed by atoms with Gasteiger partial charge in [0.25, 0.3) is 0 Å². The molecule has 7 heteroatoms. The third-order valence-electron chi connectivity index (χ3n) is 3.74. The van der Waals surface area contributed by atoms with Crippen LogP contribution in [0, 0.1) is 0 Å². The van der Waals surface area contributed by atoms with E-state index in [9.17, 15) is 14.7 Å². The molecule has 0 aliphatic carbocycles. The molecule has 7 nitrogen and oxygen atoms in total. The van der Waals surface area contributed by atoms with Gasteiger partial charge in [0.1, 0.15) is 6.04 Å². The van der Waals surface area contributed by atoms with E-state index in [4.69, 9.17) is 9.84 Å². The first-order valence-corrected chi connectivity index (χ1v) is 7.42. The van der Waals surface area contributed by atoms with Crippen LogP contribution in [0.5, 0.6) is 0 Å². The smallest absolute Gasteiger partial charge is 0.326 e. The fourth-order valence-corrected chi connectivity index (χ4v) is 2.35. The van der Waals surface area contributed by atoms with Gasteiger partial charge in [-0.15, -0.1) is 0 Å². The zero-order valence-corrected chi connectivity index (χ0v) is 12.8. The number of amides is 2. The van der Waals surface area contributed by atoms with Gasteiger partial charge in [0.2, 0.25) is 0 Å². The maximum Gasteiger partial charge on any atom is 0.326 e. The summed E-state index contributed by atoms with van der Waals surface area (Å²) in [6.07, 6.45) is 2.96. The summed E-state index contributed by atoms with van der Waals surface area (Å²) in [6, 6.07) is -1.36. The lowest BCUT2D eigenvalue weighted by Gasteiger charge is -2.35. The summed E-state index contributed by atoms with van der Waals surface area (Å²) in [4.78, 5) is 24.5. The van der Waals surface area contributed by atoms with E-state index in [2.05, 4.69) is 5.32 Å². The third-order valence-corrected chi connectivity index (χ3v) is 3.74. The van der Waals surface area contributed by atoms with Gasteiger partial charge in [-0.05, 0) is 6.42 Å². The van der Waals surface area contributed by atoms with Crippen molar-refractivity contribution in [3.05, 3.63) is 0 Å². The van der Waals surface area contributed by atoms with Crippen LogP contribution in [0.1, 0.15) is 39.0 Å². The zero-order valence-electron chi connectivity index (χ0n) is 12.8. The van der Waals surface area contributed by atoms with Crippen LogP contribution in [0.15, 0.2) is 0 Å². The molecule has 0 bridgehead atoms. The minimum atomic E-state index is -1.03. The Kier molecular flexibility index (Phi) is 6.91. The maximum absolute atomic E-state index is 12.0. The van der Waals surface area contributed by atoms with Crippen molar-refractivity contribution in [2.24, 2.45) is 0 Å². The summed E-state index contributed by atoms with van der Waals surface area (Å²) in [6.45, 7) is 3.08. The Bertz CT molecular complexity index is 355. The van der Waals surface area contributed by atoms with Crippen LogP contribution in [0.2, 0.25) is 0 Å². The van der Waals surface area contributed by atoms with Crippen LogP contribution in [0.4, 0.5) is 4.79 Å². The molecule has 0 saturated carbocycles. The molecule has 0 unspecified atom stereocenters. The molecule has 3 N–H and O–H groups in total. The van der Waals surface area contributed by atoms with Gasteiger partial charge in [0, 0.05) is 33.1 Å². The first-order chi connectivity index (χ1) is 9.88. The molecule has 0 aromatic heterocycles. The average molecular weight is 302 g/mol. The molecule has 1 heterocycles. The number of likely N-dealkylation sites (N-methyl/N-ethyl adjacent to an activating group) is 1. The van der Waals surface area contributed by atoms with E-state index >= 15 is 0 Å². The van der Waals surface area contributed by atoms with Crippen molar-refractivity contribution in [3.63, 3.8) is 0 Å². The number of carboxylic acids is 1. The van der Waals surface area contributed by atoms with E-state index in [-0.39, 0.29) is 6.54 Å². The number of carbonyl (C=O) groups excluding carboxylic acids is 1. The predicted octanol–water partition coefficient (Wildman–Crippen LogP) is 0.813. The van der Waals surface area contributed by atoms with Gasteiger partial charge in [-0.1, -0.05) is 19.8 Å². The molecule has 0 spiro atoms. The fourth-order valence-electron chi connectivity index (χ4n) is 2.35. The molecule has 1 aliphatic rings.